The van der Waals surface area contributed by atoms with Crippen molar-refractivity contribution in [2.75, 3.05) is 0 Å². The van der Waals surface area contributed by atoms with Crippen LogP contribution in [0, 0.1) is 6.92 Å². The van der Waals surface area contributed by atoms with E-state index >= 15 is 0 Å². The van der Waals surface area contributed by atoms with E-state index in [9.17, 15) is 4.79 Å². The van der Waals surface area contributed by atoms with E-state index in [1.165, 1.54) is 6.92 Å². The van der Waals surface area contributed by atoms with Crippen LogP contribution in [0.5, 0.6) is 0 Å². The van der Waals surface area contributed by atoms with E-state index in [0.717, 1.165) is 0 Å². The second-order valence-corrected chi connectivity index (χ2v) is 2.71. The van der Waals surface area contributed by atoms with E-state index < -0.39 is 0 Å². The van der Waals surface area contributed by atoms with E-state index in [-0.39, 0.29) is 11.9 Å². The maximum absolute atomic E-state index is 10.5. The monoisotopic (exact) mass is 184 g/mol. The van der Waals surface area contributed by atoms with Crippen LogP contribution < -0.4 is 10.9 Å². The van der Waals surface area contributed by atoms with Gasteiger partial charge in [0.2, 0.25) is 17.7 Å². The summed E-state index contributed by atoms with van der Waals surface area (Å²) in [6.07, 6.45) is 0. The number of nitrogens with zero attached hydrogens (tertiary/aromatic N) is 2. The molecule has 0 saturated carbocycles. The van der Waals surface area contributed by atoms with Gasteiger partial charge in [-0.15, -0.1) is 10.2 Å². The highest BCUT2D eigenvalue weighted by Gasteiger charge is 2.11. The number of nitrogens with one attached hydrogen (secondary N) is 2. The largest absolute Gasteiger partial charge is 0.424 e. The highest BCUT2D eigenvalue weighted by atomic mass is 16.4. The van der Waals surface area contributed by atoms with Crippen molar-refractivity contribution in [2.24, 2.45) is 0 Å². The Kier molecular flexibility index (Phi) is 2.97. The van der Waals surface area contributed by atoms with Crippen LogP contribution in [0.3, 0.4) is 0 Å². The lowest BCUT2D eigenvalue weighted by molar-refractivity contribution is -0.120. The molecule has 2 N–H and O–H groups in total. The second-order valence-electron chi connectivity index (χ2n) is 2.71. The second kappa shape index (κ2) is 3.99. The van der Waals surface area contributed by atoms with E-state index in [1.54, 1.807) is 6.92 Å². The Balaban J connectivity index is 2.48. The van der Waals surface area contributed by atoms with Crippen LogP contribution in [-0.2, 0) is 4.79 Å². The lowest BCUT2D eigenvalue weighted by atomic mass is 10.4. The number of hydrazine groups is 1. The molecule has 6 heteroatoms. The maximum atomic E-state index is 10.5. The molecule has 0 bridgehead atoms. The predicted octanol–water partition coefficient (Wildman–Crippen LogP) is 0.0797. The van der Waals surface area contributed by atoms with Crippen LogP contribution in [0.25, 0.3) is 0 Å². The molecule has 0 aliphatic carbocycles. The van der Waals surface area contributed by atoms with E-state index in [4.69, 9.17) is 4.42 Å². The lowest BCUT2D eigenvalue weighted by Crippen LogP contribution is -2.37. The van der Waals surface area contributed by atoms with Crippen LogP contribution in [0.15, 0.2) is 4.42 Å². The molecule has 1 heterocycles. The van der Waals surface area contributed by atoms with Gasteiger partial charge in [-0.1, -0.05) is 0 Å². The number of hydrogen-bond acceptors (Lipinski definition) is 5. The first-order valence-corrected chi connectivity index (χ1v) is 3.91. The Bertz CT molecular complexity index is 296. The smallest absolute Gasteiger partial charge is 0.234 e. The normalized spacial score (nSPS) is 12.5. The Morgan fingerprint density at radius 3 is 2.69 bits per heavy atom. The van der Waals surface area contributed by atoms with Crippen molar-refractivity contribution in [2.45, 2.75) is 26.8 Å². The van der Waals surface area contributed by atoms with Crippen molar-refractivity contribution >= 4 is 5.91 Å². The summed E-state index contributed by atoms with van der Waals surface area (Å²) in [7, 11) is 0. The molecule has 0 radical (unpaired) electrons. The van der Waals surface area contributed by atoms with Gasteiger partial charge in [-0.3, -0.25) is 10.2 Å². The average molecular weight is 184 g/mol. The zero-order chi connectivity index (χ0) is 9.84. The first kappa shape index (κ1) is 9.66. The van der Waals surface area contributed by atoms with Gasteiger partial charge in [0, 0.05) is 13.8 Å². The minimum atomic E-state index is -0.190. The fourth-order valence-electron chi connectivity index (χ4n) is 0.758. The summed E-state index contributed by atoms with van der Waals surface area (Å²) in [6.45, 7) is 4.93. The summed E-state index contributed by atoms with van der Waals surface area (Å²) in [6, 6.07) is -0.190. The number of carbonyl (C=O) groups is 1. The first-order chi connectivity index (χ1) is 6.09. The predicted molar refractivity (Wildman–Crippen MR) is 44.4 cm³/mol. The molecular weight excluding hydrogens is 172 g/mol. The van der Waals surface area contributed by atoms with Gasteiger partial charge in [-0.05, 0) is 6.92 Å². The molecule has 1 aromatic heterocycles. The van der Waals surface area contributed by atoms with Gasteiger partial charge in [0.15, 0.2) is 0 Å². The van der Waals surface area contributed by atoms with Gasteiger partial charge in [0.1, 0.15) is 6.04 Å². The van der Waals surface area contributed by atoms with Crippen LogP contribution in [0.2, 0.25) is 0 Å². The molecule has 1 rings (SSSR count). The SMILES string of the molecule is CC(=O)NNC(C)c1nnc(C)o1. The lowest BCUT2D eigenvalue weighted by Gasteiger charge is -2.08. The zero-order valence-electron chi connectivity index (χ0n) is 7.79. The van der Waals surface area contributed by atoms with E-state index in [2.05, 4.69) is 21.0 Å². The molecule has 0 fully saturated rings. The van der Waals surface area contributed by atoms with Gasteiger partial charge in [-0.25, -0.2) is 5.43 Å². The minimum Gasteiger partial charge on any atom is -0.424 e. The Morgan fingerprint density at radius 1 is 1.54 bits per heavy atom. The van der Waals surface area contributed by atoms with Crippen LogP contribution >= 0.6 is 0 Å². The summed E-state index contributed by atoms with van der Waals surface area (Å²) in [5.41, 5.74) is 5.15. The number of hydrogen-bond donors (Lipinski definition) is 2. The van der Waals surface area contributed by atoms with Crippen molar-refractivity contribution in [3.8, 4) is 0 Å². The molecule has 6 nitrogen and oxygen atoms in total. The topological polar surface area (TPSA) is 80.0 Å². The van der Waals surface area contributed by atoms with Crippen LogP contribution in [-0.4, -0.2) is 16.1 Å². The number of aryl methyl sites for hydroxylation is 1. The van der Waals surface area contributed by atoms with Gasteiger partial charge >= 0.3 is 0 Å². The van der Waals surface area contributed by atoms with Crippen molar-refractivity contribution in [3.63, 3.8) is 0 Å². The summed E-state index contributed by atoms with van der Waals surface area (Å²) >= 11 is 0. The number of aromatic nitrogens is 2. The zero-order valence-corrected chi connectivity index (χ0v) is 7.79. The van der Waals surface area contributed by atoms with Gasteiger partial charge < -0.3 is 4.42 Å². The maximum Gasteiger partial charge on any atom is 0.234 e. The fourth-order valence-corrected chi connectivity index (χ4v) is 0.758. The van der Waals surface area contributed by atoms with E-state index in [1.807, 2.05) is 6.92 Å². The quantitative estimate of drug-likeness (QED) is 0.650. The molecule has 72 valence electrons. The third kappa shape index (κ3) is 2.83. The van der Waals surface area contributed by atoms with E-state index in [0.29, 0.717) is 11.8 Å². The molecule has 0 saturated heterocycles. The Morgan fingerprint density at radius 2 is 2.23 bits per heavy atom. The molecule has 1 aromatic rings. The molecule has 13 heavy (non-hydrogen) atoms. The summed E-state index contributed by atoms with van der Waals surface area (Å²) in [5.74, 6) is 0.792. The highest BCUT2D eigenvalue weighted by Crippen LogP contribution is 2.08. The molecule has 1 amide bonds. The van der Waals surface area contributed by atoms with Gasteiger partial charge in [-0.2, -0.15) is 0 Å². The Hall–Kier alpha value is -1.43. The summed E-state index contributed by atoms with van der Waals surface area (Å²) in [5, 5.41) is 7.46. The molecular formula is C7H12N4O2. The number of rotatable bonds is 3. The molecule has 0 aliphatic heterocycles. The summed E-state index contributed by atoms with van der Waals surface area (Å²) < 4.78 is 5.14. The molecule has 1 unspecified atom stereocenters. The fraction of sp³-hybridized carbons (Fsp3) is 0.571. The Labute approximate surface area is 75.7 Å². The molecule has 1 atom stereocenters. The molecule has 0 spiro atoms. The third-order valence-electron chi connectivity index (χ3n) is 1.38. The average Bonchev–Trinajstić information content (AvgIpc) is 2.47. The number of carbonyl (C=O) groups excluding carboxylic acids is 1. The van der Waals surface area contributed by atoms with Gasteiger partial charge in [0.25, 0.3) is 0 Å². The molecule has 0 aliphatic rings. The van der Waals surface area contributed by atoms with Crippen LogP contribution in [0.4, 0.5) is 0 Å². The molecule has 0 aromatic carbocycles. The minimum absolute atomic E-state index is 0.164. The van der Waals surface area contributed by atoms with Crippen molar-refractivity contribution in [1.82, 2.24) is 21.0 Å². The summed E-state index contributed by atoms with van der Waals surface area (Å²) in [4.78, 5) is 10.5. The third-order valence-corrected chi connectivity index (χ3v) is 1.38. The van der Waals surface area contributed by atoms with Crippen molar-refractivity contribution in [1.29, 1.82) is 0 Å². The number of amides is 1. The van der Waals surface area contributed by atoms with Crippen molar-refractivity contribution in [3.05, 3.63) is 11.8 Å². The standard InChI is InChI=1S/C7H12N4O2/c1-4(8-9-5(2)12)7-11-10-6(3)13-7/h4,8H,1-3H3,(H,9,12). The highest BCUT2D eigenvalue weighted by molar-refractivity contribution is 5.72. The first-order valence-electron chi connectivity index (χ1n) is 3.91. The van der Waals surface area contributed by atoms with Gasteiger partial charge in [0.05, 0.1) is 0 Å². The van der Waals surface area contributed by atoms with Crippen LogP contribution in [0.1, 0.15) is 31.7 Å². The van der Waals surface area contributed by atoms with Crippen molar-refractivity contribution < 1.29 is 9.21 Å².